The highest BCUT2D eigenvalue weighted by molar-refractivity contribution is 6.31. The lowest BCUT2D eigenvalue weighted by atomic mass is 9.83. The third-order valence-corrected chi connectivity index (χ3v) is 4.04. The maximum atomic E-state index is 12.8. The van der Waals surface area contributed by atoms with Crippen LogP contribution in [0.2, 0.25) is 5.02 Å². The van der Waals surface area contributed by atoms with E-state index in [0.29, 0.717) is 11.6 Å². The Morgan fingerprint density at radius 2 is 2.05 bits per heavy atom. The molecule has 5 nitrogen and oxygen atoms in total. The molecule has 21 heavy (non-hydrogen) atoms. The summed E-state index contributed by atoms with van der Waals surface area (Å²) in [6.45, 7) is 4.25. The molecule has 6 heteroatoms. The van der Waals surface area contributed by atoms with Gasteiger partial charge in [0.15, 0.2) is 6.10 Å². The SMILES string of the molecule is CC(C)(C(=O)N1CCOC(C(=O)O)C1)c1ccccc1Cl. The van der Waals surface area contributed by atoms with E-state index in [2.05, 4.69) is 0 Å². The van der Waals surface area contributed by atoms with Crippen LogP contribution in [-0.2, 0) is 19.7 Å². The van der Waals surface area contributed by atoms with Gasteiger partial charge in [-0.25, -0.2) is 4.79 Å². The molecule has 1 fully saturated rings. The molecule has 0 bridgehead atoms. The number of rotatable bonds is 3. The first-order valence-electron chi connectivity index (χ1n) is 6.73. The van der Waals surface area contributed by atoms with E-state index in [1.807, 2.05) is 18.2 Å². The molecule has 0 radical (unpaired) electrons. The molecule has 114 valence electrons. The lowest BCUT2D eigenvalue weighted by molar-refractivity contribution is -0.160. The summed E-state index contributed by atoms with van der Waals surface area (Å²) in [6.07, 6.45) is -0.968. The lowest BCUT2D eigenvalue weighted by Crippen LogP contribution is -2.53. The molecule has 1 aliphatic heterocycles. The van der Waals surface area contributed by atoms with Crippen molar-refractivity contribution in [1.29, 1.82) is 0 Å². The van der Waals surface area contributed by atoms with Gasteiger partial charge in [0.2, 0.25) is 5.91 Å². The van der Waals surface area contributed by atoms with Gasteiger partial charge in [0.1, 0.15) is 0 Å². The van der Waals surface area contributed by atoms with Crippen molar-refractivity contribution in [2.75, 3.05) is 19.7 Å². The Morgan fingerprint density at radius 3 is 2.67 bits per heavy atom. The number of hydrogen-bond donors (Lipinski definition) is 1. The van der Waals surface area contributed by atoms with Crippen LogP contribution < -0.4 is 0 Å². The number of aliphatic carboxylic acids is 1. The largest absolute Gasteiger partial charge is 0.479 e. The van der Waals surface area contributed by atoms with E-state index >= 15 is 0 Å². The van der Waals surface area contributed by atoms with Crippen LogP contribution in [0.25, 0.3) is 0 Å². The van der Waals surface area contributed by atoms with Gasteiger partial charge in [-0.1, -0.05) is 29.8 Å². The Morgan fingerprint density at radius 1 is 1.38 bits per heavy atom. The number of benzene rings is 1. The maximum absolute atomic E-state index is 12.8. The second kappa shape index (κ2) is 6.03. The van der Waals surface area contributed by atoms with E-state index in [-0.39, 0.29) is 19.1 Å². The summed E-state index contributed by atoms with van der Waals surface area (Å²) in [7, 11) is 0. The Labute approximate surface area is 128 Å². The molecule has 1 aromatic rings. The van der Waals surface area contributed by atoms with Crippen molar-refractivity contribution in [1.82, 2.24) is 4.90 Å². The summed E-state index contributed by atoms with van der Waals surface area (Å²) in [5, 5.41) is 9.54. The average molecular weight is 312 g/mol. The van der Waals surface area contributed by atoms with Crippen molar-refractivity contribution in [3.05, 3.63) is 34.9 Å². The Bertz CT molecular complexity index is 558. The zero-order valence-electron chi connectivity index (χ0n) is 12.0. The highest BCUT2D eigenvalue weighted by atomic mass is 35.5. The molecule has 0 spiro atoms. The van der Waals surface area contributed by atoms with Crippen LogP contribution in [0.5, 0.6) is 0 Å². The second-order valence-electron chi connectivity index (χ2n) is 5.55. The van der Waals surface area contributed by atoms with Crippen LogP contribution in [0, 0.1) is 0 Å². The molecular weight excluding hydrogens is 294 g/mol. The smallest absolute Gasteiger partial charge is 0.334 e. The number of morpholine rings is 1. The Hall–Kier alpha value is -1.59. The van der Waals surface area contributed by atoms with Crippen molar-refractivity contribution >= 4 is 23.5 Å². The van der Waals surface area contributed by atoms with Gasteiger partial charge >= 0.3 is 5.97 Å². The fraction of sp³-hybridized carbons (Fsp3) is 0.467. The average Bonchev–Trinajstić information content (AvgIpc) is 2.46. The van der Waals surface area contributed by atoms with Gasteiger partial charge in [-0.15, -0.1) is 0 Å². The number of carboxylic acids is 1. The minimum atomic E-state index is -1.05. The quantitative estimate of drug-likeness (QED) is 0.926. The van der Waals surface area contributed by atoms with Crippen LogP contribution in [0.3, 0.4) is 0 Å². The van der Waals surface area contributed by atoms with Gasteiger partial charge < -0.3 is 14.7 Å². The van der Waals surface area contributed by atoms with Crippen molar-refractivity contribution in [2.24, 2.45) is 0 Å². The van der Waals surface area contributed by atoms with E-state index < -0.39 is 17.5 Å². The Kier molecular flexibility index (Phi) is 4.54. The van der Waals surface area contributed by atoms with Crippen LogP contribution in [0.1, 0.15) is 19.4 Å². The normalized spacial score (nSPS) is 19.4. The molecule has 1 heterocycles. The molecule has 1 unspecified atom stereocenters. The van der Waals surface area contributed by atoms with E-state index in [0.717, 1.165) is 5.56 Å². The van der Waals surface area contributed by atoms with Gasteiger partial charge in [0, 0.05) is 11.6 Å². The first-order valence-corrected chi connectivity index (χ1v) is 7.10. The summed E-state index contributed by atoms with van der Waals surface area (Å²) in [5.41, 5.74) is -0.0892. The molecule has 1 aliphatic rings. The highest BCUT2D eigenvalue weighted by Gasteiger charge is 2.38. The topological polar surface area (TPSA) is 66.8 Å². The van der Waals surface area contributed by atoms with Crippen molar-refractivity contribution in [3.8, 4) is 0 Å². The molecule has 0 saturated carbocycles. The number of carbonyl (C=O) groups excluding carboxylic acids is 1. The molecule has 0 aromatic heterocycles. The first kappa shape index (κ1) is 15.8. The number of carbonyl (C=O) groups is 2. The molecule has 2 rings (SSSR count). The van der Waals surface area contributed by atoms with Crippen LogP contribution >= 0.6 is 11.6 Å². The van der Waals surface area contributed by atoms with Crippen molar-refractivity contribution in [3.63, 3.8) is 0 Å². The number of amides is 1. The molecule has 1 amide bonds. The molecule has 1 atom stereocenters. The van der Waals surface area contributed by atoms with Gasteiger partial charge in [0.25, 0.3) is 0 Å². The zero-order valence-corrected chi connectivity index (χ0v) is 12.8. The molecule has 1 aromatic carbocycles. The third-order valence-electron chi connectivity index (χ3n) is 3.71. The number of halogens is 1. The van der Waals surface area contributed by atoms with Crippen molar-refractivity contribution in [2.45, 2.75) is 25.4 Å². The van der Waals surface area contributed by atoms with E-state index in [4.69, 9.17) is 21.4 Å². The third kappa shape index (κ3) is 3.19. The standard InChI is InChI=1S/C15H18ClNO4/c1-15(2,10-5-3-4-6-11(10)16)14(20)17-7-8-21-12(9-17)13(18)19/h3-6,12H,7-9H2,1-2H3,(H,18,19). The maximum Gasteiger partial charge on any atom is 0.334 e. The molecule has 0 aliphatic carbocycles. The number of ether oxygens (including phenoxy) is 1. The second-order valence-corrected chi connectivity index (χ2v) is 5.96. The lowest BCUT2D eigenvalue weighted by Gasteiger charge is -2.36. The summed E-state index contributed by atoms with van der Waals surface area (Å²) in [4.78, 5) is 25.3. The summed E-state index contributed by atoms with van der Waals surface area (Å²) >= 11 is 6.18. The fourth-order valence-corrected chi connectivity index (χ4v) is 2.83. The van der Waals surface area contributed by atoms with Crippen molar-refractivity contribution < 1.29 is 19.4 Å². The molecular formula is C15H18ClNO4. The van der Waals surface area contributed by atoms with E-state index in [1.165, 1.54) is 4.90 Å². The summed E-state index contributed by atoms with van der Waals surface area (Å²) in [6, 6.07) is 7.19. The predicted octanol–water partition coefficient (Wildman–Crippen LogP) is 1.93. The first-order chi connectivity index (χ1) is 9.84. The fourth-order valence-electron chi connectivity index (χ4n) is 2.46. The summed E-state index contributed by atoms with van der Waals surface area (Å²) in [5.74, 6) is -1.20. The van der Waals surface area contributed by atoms with E-state index in [1.54, 1.807) is 19.9 Å². The van der Waals surface area contributed by atoms with Gasteiger partial charge in [-0.05, 0) is 25.5 Å². The van der Waals surface area contributed by atoms with E-state index in [9.17, 15) is 9.59 Å². The zero-order chi connectivity index (χ0) is 15.6. The highest BCUT2D eigenvalue weighted by Crippen LogP contribution is 2.32. The molecule has 1 saturated heterocycles. The Balaban J connectivity index is 2.22. The molecule has 1 N–H and O–H groups in total. The van der Waals surface area contributed by atoms with Crippen LogP contribution in [-0.4, -0.2) is 47.7 Å². The van der Waals surface area contributed by atoms with Crippen LogP contribution in [0.4, 0.5) is 0 Å². The number of nitrogens with zero attached hydrogens (tertiary/aromatic N) is 1. The van der Waals surface area contributed by atoms with Gasteiger partial charge in [-0.2, -0.15) is 0 Å². The van der Waals surface area contributed by atoms with Crippen LogP contribution in [0.15, 0.2) is 24.3 Å². The minimum absolute atomic E-state index is 0.0576. The number of carboxylic acid groups (broad SMARTS) is 1. The summed E-state index contributed by atoms with van der Waals surface area (Å²) < 4.78 is 5.14. The predicted molar refractivity (Wildman–Crippen MR) is 78.4 cm³/mol. The monoisotopic (exact) mass is 311 g/mol. The van der Waals surface area contributed by atoms with Gasteiger partial charge in [-0.3, -0.25) is 4.79 Å². The van der Waals surface area contributed by atoms with Gasteiger partial charge in [0.05, 0.1) is 18.6 Å². The minimum Gasteiger partial charge on any atom is -0.479 e. The number of hydrogen-bond acceptors (Lipinski definition) is 3.